The van der Waals surface area contributed by atoms with E-state index in [9.17, 15) is 14.3 Å². The van der Waals surface area contributed by atoms with E-state index in [2.05, 4.69) is 10.6 Å². The SMILES string of the molecule is COc1cc(F)cc(NC(=O)NCC(C)(O)c2ccco2)c1. The lowest BCUT2D eigenvalue weighted by Gasteiger charge is -2.21. The first kappa shape index (κ1) is 15.8. The quantitative estimate of drug-likeness (QED) is 0.792. The fraction of sp³-hybridized carbons (Fsp3) is 0.267. The Morgan fingerprint density at radius 2 is 2.23 bits per heavy atom. The third kappa shape index (κ3) is 3.98. The summed E-state index contributed by atoms with van der Waals surface area (Å²) in [5.74, 6) is 0.0929. The van der Waals surface area contributed by atoms with E-state index in [-0.39, 0.29) is 18.0 Å². The predicted octanol–water partition coefficient (Wildman–Crippen LogP) is 2.46. The Morgan fingerprint density at radius 1 is 1.45 bits per heavy atom. The van der Waals surface area contributed by atoms with Gasteiger partial charge in [0.15, 0.2) is 0 Å². The Bertz CT molecular complexity index is 641. The molecule has 0 radical (unpaired) electrons. The highest BCUT2D eigenvalue weighted by Crippen LogP contribution is 2.21. The zero-order chi connectivity index (χ0) is 16.2. The maximum absolute atomic E-state index is 13.3. The fourth-order valence-electron chi connectivity index (χ4n) is 1.85. The molecule has 1 aromatic carbocycles. The van der Waals surface area contributed by atoms with Crippen molar-refractivity contribution in [2.24, 2.45) is 0 Å². The highest BCUT2D eigenvalue weighted by molar-refractivity contribution is 5.89. The molecule has 22 heavy (non-hydrogen) atoms. The molecule has 0 saturated heterocycles. The summed E-state index contributed by atoms with van der Waals surface area (Å²) in [5.41, 5.74) is -1.10. The molecule has 2 aromatic rings. The molecule has 0 fully saturated rings. The van der Waals surface area contributed by atoms with Crippen LogP contribution in [0.1, 0.15) is 12.7 Å². The van der Waals surface area contributed by atoms with E-state index in [1.165, 1.54) is 32.4 Å². The van der Waals surface area contributed by atoms with Crippen molar-refractivity contribution in [3.05, 3.63) is 48.2 Å². The van der Waals surface area contributed by atoms with Crippen LogP contribution in [0.25, 0.3) is 0 Å². The number of aliphatic hydroxyl groups is 1. The van der Waals surface area contributed by atoms with Gasteiger partial charge < -0.3 is 24.9 Å². The van der Waals surface area contributed by atoms with E-state index in [4.69, 9.17) is 9.15 Å². The molecule has 6 nitrogen and oxygen atoms in total. The van der Waals surface area contributed by atoms with Gasteiger partial charge in [-0.1, -0.05) is 0 Å². The van der Waals surface area contributed by atoms with Crippen LogP contribution in [0.5, 0.6) is 5.75 Å². The Labute approximate surface area is 126 Å². The Morgan fingerprint density at radius 3 is 2.86 bits per heavy atom. The number of benzene rings is 1. The molecule has 3 N–H and O–H groups in total. The van der Waals surface area contributed by atoms with E-state index >= 15 is 0 Å². The monoisotopic (exact) mass is 308 g/mol. The molecule has 7 heteroatoms. The molecule has 0 aliphatic heterocycles. The molecular weight excluding hydrogens is 291 g/mol. The second-order valence-electron chi connectivity index (χ2n) is 4.94. The lowest BCUT2D eigenvalue weighted by molar-refractivity contribution is 0.0372. The smallest absolute Gasteiger partial charge is 0.319 e. The van der Waals surface area contributed by atoms with E-state index in [1.54, 1.807) is 12.1 Å². The van der Waals surface area contributed by atoms with Gasteiger partial charge in [0.05, 0.1) is 19.9 Å². The first-order valence-corrected chi connectivity index (χ1v) is 6.56. The van der Waals surface area contributed by atoms with Gasteiger partial charge in [0.25, 0.3) is 0 Å². The molecule has 0 spiro atoms. The maximum atomic E-state index is 13.3. The number of anilines is 1. The van der Waals surface area contributed by atoms with Gasteiger partial charge in [0, 0.05) is 17.8 Å². The number of carbonyl (C=O) groups excluding carboxylic acids is 1. The minimum absolute atomic E-state index is 0.0706. The molecule has 1 atom stereocenters. The minimum atomic E-state index is -1.35. The third-order valence-corrected chi connectivity index (χ3v) is 3.01. The molecular formula is C15H17FN2O4. The fourth-order valence-corrected chi connectivity index (χ4v) is 1.85. The van der Waals surface area contributed by atoms with Gasteiger partial charge in [-0.3, -0.25) is 0 Å². The highest BCUT2D eigenvalue weighted by Gasteiger charge is 2.26. The summed E-state index contributed by atoms with van der Waals surface area (Å²) in [6.45, 7) is 1.44. The molecule has 1 aromatic heterocycles. The third-order valence-electron chi connectivity index (χ3n) is 3.01. The summed E-state index contributed by atoms with van der Waals surface area (Å²) >= 11 is 0. The van der Waals surface area contributed by atoms with Crippen LogP contribution in [0.3, 0.4) is 0 Å². The average molecular weight is 308 g/mol. The summed E-state index contributed by atoms with van der Waals surface area (Å²) < 4.78 is 23.3. The van der Waals surface area contributed by atoms with Crippen LogP contribution in [0.2, 0.25) is 0 Å². The van der Waals surface area contributed by atoms with Gasteiger partial charge in [-0.2, -0.15) is 0 Å². The van der Waals surface area contributed by atoms with E-state index in [1.807, 2.05) is 0 Å². The molecule has 0 saturated carbocycles. The van der Waals surface area contributed by atoms with Crippen molar-refractivity contribution in [1.29, 1.82) is 0 Å². The molecule has 118 valence electrons. The molecule has 1 unspecified atom stereocenters. The predicted molar refractivity (Wildman–Crippen MR) is 78.3 cm³/mol. The van der Waals surface area contributed by atoms with Crippen LogP contribution < -0.4 is 15.4 Å². The molecule has 2 rings (SSSR count). The summed E-state index contributed by atoms with van der Waals surface area (Å²) in [4.78, 5) is 11.8. The van der Waals surface area contributed by atoms with Crippen LogP contribution in [-0.2, 0) is 5.60 Å². The lowest BCUT2D eigenvalue weighted by atomic mass is 10.0. The largest absolute Gasteiger partial charge is 0.497 e. The highest BCUT2D eigenvalue weighted by atomic mass is 19.1. The van der Waals surface area contributed by atoms with Crippen LogP contribution >= 0.6 is 0 Å². The first-order chi connectivity index (χ1) is 10.4. The lowest BCUT2D eigenvalue weighted by Crippen LogP contribution is -2.40. The zero-order valence-corrected chi connectivity index (χ0v) is 12.2. The maximum Gasteiger partial charge on any atom is 0.319 e. The standard InChI is InChI=1S/C15H17FN2O4/c1-15(20,13-4-3-5-22-13)9-17-14(19)18-11-6-10(16)7-12(8-11)21-2/h3-8,20H,9H2,1-2H3,(H2,17,18,19). The molecule has 0 aliphatic rings. The van der Waals surface area contributed by atoms with Crippen molar-refractivity contribution < 1.29 is 23.4 Å². The molecule has 0 aliphatic carbocycles. The number of ether oxygens (including phenoxy) is 1. The Hall–Kier alpha value is -2.54. The van der Waals surface area contributed by atoms with Crippen molar-refractivity contribution in [2.75, 3.05) is 19.0 Å². The van der Waals surface area contributed by atoms with Crippen LogP contribution in [0, 0.1) is 5.82 Å². The number of furan rings is 1. The molecule has 0 bridgehead atoms. The zero-order valence-electron chi connectivity index (χ0n) is 12.2. The summed E-state index contributed by atoms with van der Waals surface area (Å²) in [6, 6.07) is 6.50. The minimum Gasteiger partial charge on any atom is -0.497 e. The summed E-state index contributed by atoms with van der Waals surface area (Å²) in [7, 11) is 1.40. The Balaban J connectivity index is 1.95. The van der Waals surface area contributed by atoms with Crippen molar-refractivity contribution in [3.8, 4) is 5.75 Å². The number of nitrogens with one attached hydrogen (secondary N) is 2. The van der Waals surface area contributed by atoms with Crippen molar-refractivity contribution >= 4 is 11.7 Å². The van der Waals surface area contributed by atoms with Crippen molar-refractivity contribution in [1.82, 2.24) is 5.32 Å². The number of carbonyl (C=O) groups is 1. The van der Waals surface area contributed by atoms with Crippen LogP contribution in [0.15, 0.2) is 41.0 Å². The summed E-state index contributed by atoms with van der Waals surface area (Å²) in [5, 5.41) is 15.2. The van der Waals surface area contributed by atoms with Crippen molar-refractivity contribution in [3.63, 3.8) is 0 Å². The van der Waals surface area contributed by atoms with Gasteiger partial charge in [0.1, 0.15) is 22.9 Å². The van der Waals surface area contributed by atoms with Crippen molar-refractivity contribution in [2.45, 2.75) is 12.5 Å². The normalized spacial score (nSPS) is 13.3. The van der Waals surface area contributed by atoms with E-state index < -0.39 is 17.4 Å². The molecule has 1 heterocycles. The number of urea groups is 1. The number of hydrogen-bond acceptors (Lipinski definition) is 4. The molecule has 2 amide bonds. The van der Waals surface area contributed by atoms with Gasteiger partial charge in [-0.25, -0.2) is 9.18 Å². The second-order valence-corrected chi connectivity index (χ2v) is 4.94. The number of halogens is 1. The van der Waals surface area contributed by atoms with E-state index in [0.717, 1.165) is 6.07 Å². The van der Waals surface area contributed by atoms with E-state index in [0.29, 0.717) is 5.76 Å². The topological polar surface area (TPSA) is 83.7 Å². The number of rotatable bonds is 5. The van der Waals surface area contributed by atoms with Gasteiger partial charge >= 0.3 is 6.03 Å². The summed E-state index contributed by atoms with van der Waals surface area (Å²) in [6.07, 6.45) is 1.43. The number of hydrogen-bond donors (Lipinski definition) is 3. The first-order valence-electron chi connectivity index (χ1n) is 6.56. The Kier molecular flexibility index (Phi) is 4.67. The van der Waals surface area contributed by atoms with Crippen LogP contribution in [-0.4, -0.2) is 24.8 Å². The van der Waals surface area contributed by atoms with Gasteiger partial charge in [-0.15, -0.1) is 0 Å². The van der Waals surface area contributed by atoms with Crippen LogP contribution in [0.4, 0.5) is 14.9 Å². The second kappa shape index (κ2) is 6.48. The van der Waals surface area contributed by atoms with Gasteiger partial charge in [0.2, 0.25) is 0 Å². The average Bonchev–Trinajstić information content (AvgIpc) is 2.99. The van der Waals surface area contributed by atoms with Gasteiger partial charge in [-0.05, 0) is 25.1 Å². The number of amides is 2. The number of methoxy groups -OCH3 is 1.